The molecule has 30 heteroatoms. The summed E-state index contributed by atoms with van der Waals surface area (Å²) < 4.78 is 102. The number of azo groups is 1. The number of sulfone groups is 1. The molecule has 5 rings (SSSR count). The molecule has 59 heavy (non-hydrogen) atoms. The van der Waals surface area contributed by atoms with Crippen LogP contribution < -0.4 is 110 Å². The van der Waals surface area contributed by atoms with Crippen LogP contribution in [0, 0.1) is 12.0 Å². The molecule has 0 aliphatic carbocycles. The fourth-order valence-electron chi connectivity index (χ4n) is 4.58. The van der Waals surface area contributed by atoms with Gasteiger partial charge in [-0.25, -0.2) is 16.8 Å². The molecule has 0 spiro atoms. The number of halogens is 3. The van der Waals surface area contributed by atoms with Crippen molar-refractivity contribution in [3.05, 3.63) is 89.3 Å². The summed E-state index contributed by atoms with van der Waals surface area (Å²) in [5.41, 5.74) is -0.655. The molecule has 0 unspecified atom stereocenters. The number of phenols is 1. The zero-order chi connectivity index (χ0) is 40.6. The van der Waals surface area contributed by atoms with Gasteiger partial charge in [-0.15, -0.1) is 9.45 Å². The Balaban J connectivity index is 0.00000400. The Morgan fingerprint density at radius 3 is 2.29 bits per heavy atom. The Morgan fingerprint density at radius 2 is 1.63 bits per heavy atom. The van der Waals surface area contributed by atoms with E-state index in [1.165, 1.54) is 48.5 Å². The van der Waals surface area contributed by atoms with Gasteiger partial charge in [0.1, 0.15) is 20.8 Å². The maximum Gasteiger partial charge on any atom is 1.00 e. The quantitative estimate of drug-likeness (QED) is 0.00910. The van der Waals surface area contributed by atoms with Gasteiger partial charge in [0, 0.05) is 16.6 Å². The molecule has 296 valence electrons. The predicted molar refractivity (Wildman–Crippen MR) is 185 cm³/mol. The number of phenolic OH excluding ortho intramolecular Hbond substituents is 1. The number of anilines is 3. The largest absolute Gasteiger partial charge is 1.00 e. The second-order valence-corrected chi connectivity index (χ2v) is 15.5. The molecule has 20 nitrogen and oxygen atoms in total. The summed E-state index contributed by atoms with van der Waals surface area (Å²) in [7, 11) is -9.18. The van der Waals surface area contributed by atoms with Crippen LogP contribution >= 0.6 is 36.0 Å². The maximum absolute atomic E-state index is 14.0. The number of benzene rings is 4. The van der Waals surface area contributed by atoms with Crippen LogP contribution in [0.1, 0.15) is 10.4 Å². The van der Waals surface area contributed by atoms with Gasteiger partial charge >= 0.3 is 94.8 Å². The molecule has 1 aromatic heterocycles. The second kappa shape index (κ2) is 24.2. The number of nitrogens with one attached hydrogen (secondary N) is 2. The Morgan fingerprint density at radius 1 is 0.932 bits per heavy atom. The molecule has 5 aromatic rings. The van der Waals surface area contributed by atoms with Gasteiger partial charge in [-0.05, 0) is 66.0 Å². The third-order valence-electron chi connectivity index (χ3n) is 6.99. The smallest absolute Gasteiger partial charge is 0.744 e. The first-order valence-electron chi connectivity index (χ1n) is 14.6. The van der Waals surface area contributed by atoms with Crippen LogP contribution in [0.2, 0.25) is 5.02 Å². The molecule has 0 fully saturated rings. The van der Waals surface area contributed by atoms with E-state index in [-0.39, 0.29) is 163 Å². The average Bonchev–Trinajstić information content (AvgIpc) is 3.15. The van der Waals surface area contributed by atoms with Crippen LogP contribution in [0.25, 0.3) is 10.8 Å². The van der Waals surface area contributed by atoms with Gasteiger partial charge in [-0.1, -0.05) is 17.7 Å². The maximum atomic E-state index is 14.0. The second-order valence-electron chi connectivity index (χ2n) is 10.5. The number of carbonyl (C=O) groups excluding carboxylic acids is 1. The van der Waals surface area contributed by atoms with Crippen molar-refractivity contribution in [3.8, 4) is 5.75 Å². The Labute approximate surface area is 411 Å². The number of aromatic hydroxyl groups is 1. The molecule has 4 aromatic carbocycles. The van der Waals surface area contributed by atoms with Gasteiger partial charge in [0.2, 0.25) is 5.95 Å². The molecular weight excluding hydrogens is 927 g/mol. The van der Waals surface area contributed by atoms with Crippen molar-refractivity contribution in [1.29, 1.82) is 0 Å². The van der Waals surface area contributed by atoms with Crippen LogP contribution in [0.4, 0.5) is 37.3 Å². The monoisotopic (exact) mass is 944 g/mol. The number of carbonyl (C=O) groups is 1. The third kappa shape index (κ3) is 14.4. The molecule has 0 aliphatic heterocycles. The molecule has 0 aliphatic rings. The van der Waals surface area contributed by atoms with Crippen molar-refractivity contribution in [3.63, 3.8) is 0 Å². The van der Waals surface area contributed by atoms with Crippen LogP contribution in [0.15, 0.2) is 91.6 Å². The van der Waals surface area contributed by atoms with Crippen LogP contribution in [0.3, 0.4) is 0 Å². The van der Waals surface area contributed by atoms with E-state index in [9.17, 15) is 50.6 Å². The number of hydrogen-bond donors (Lipinski definition) is 3. The SMILES string of the molecule is O=C(Nc1cccc(S(=O)(=O)CCOSOO[O-])c1)c1ccc(N=Nc2c(SOO[O-])cc3cc(S(=O)(=O)[O-])c(Nc4nc(F)nc(F)c4Cl)cc3c2O)cc1.[Na+].[Na+].[Na+]. The van der Waals surface area contributed by atoms with Crippen LogP contribution in [-0.2, 0) is 42.9 Å². The predicted octanol–water partition coefficient (Wildman–Crippen LogP) is -4.60. The summed E-state index contributed by atoms with van der Waals surface area (Å²) in [5, 5.41) is 49.7. The topological polar surface area (TPSA) is 295 Å². The zero-order valence-electron chi connectivity index (χ0n) is 30.1. The fraction of sp³-hybridized carbons (Fsp3) is 0.0690. The molecule has 3 N–H and O–H groups in total. The van der Waals surface area contributed by atoms with Crippen LogP contribution in [-0.4, -0.2) is 54.7 Å². The first-order chi connectivity index (χ1) is 26.6. The molecule has 0 bridgehead atoms. The summed E-state index contributed by atoms with van der Waals surface area (Å²) in [6.07, 6.45) is -1.58. The minimum Gasteiger partial charge on any atom is -0.744 e. The Hall–Kier alpha value is -1.68. The molecule has 0 radical (unpaired) electrons. The van der Waals surface area contributed by atoms with E-state index in [4.69, 9.17) is 15.8 Å². The van der Waals surface area contributed by atoms with Gasteiger partial charge in [0.15, 0.2) is 33.7 Å². The van der Waals surface area contributed by atoms with E-state index in [0.717, 1.165) is 18.2 Å². The Bertz CT molecular complexity index is 2540. The first-order valence-corrected chi connectivity index (χ1v) is 19.4. The van der Waals surface area contributed by atoms with Crippen LogP contribution in [0.5, 0.6) is 5.75 Å². The average molecular weight is 945 g/mol. The van der Waals surface area contributed by atoms with Gasteiger partial charge < -0.3 is 30.8 Å². The molecule has 0 atom stereocenters. The summed E-state index contributed by atoms with van der Waals surface area (Å²) in [6, 6.07) is 13.6. The van der Waals surface area contributed by atoms with Gasteiger partial charge in [-0.2, -0.15) is 28.2 Å². The first kappa shape index (κ1) is 53.5. The molecular formula is C29H18ClF2N6Na3O14S4. The minimum absolute atomic E-state index is 0. The molecule has 0 saturated heterocycles. The number of hydrogen-bond acceptors (Lipinski definition) is 21. The van der Waals surface area contributed by atoms with E-state index in [0.29, 0.717) is 0 Å². The van der Waals surface area contributed by atoms with Crippen molar-refractivity contribution >= 4 is 101 Å². The third-order valence-corrected chi connectivity index (χ3v) is 10.9. The van der Waals surface area contributed by atoms with E-state index >= 15 is 0 Å². The summed E-state index contributed by atoms with van der Waals surface area (Å²) in [5.74, 6) is -4.11. The Kier molecular flexibility index (Phi) is 22.0. The van der Waals surface area contributed by atoms with Crippen molar-refractivity contribution < 1.29 is 162 Å². The van der Waals surface area contributed by atoms with Gasteiger partial charge in [0.05, 0.1) is 50.5 Å². The van der Waals surface area contributed by atoms with E-state index in [2.05, 4.69) is 49.6 Å². The normalized spacial score (nSPS) is 11.4. The zero-order valence-corrected chi connectivity index (χ0v) is 40.1. The number of fused-ring (bicyclic) bond motifs is 1. The molecule has 1 amide bonds. The molecule has 1 heterocycles. The van der Waals surface area contributed by atoms with Crippen molar-refractivity contribution in [2.75, 3.05) is 23.0 Å². The van der Waals surface area contributed by atoms with Gasteiger partial charge in [0.25, 0.3) is 5.91 Å². The number of rotatable bonds is 17. The molecule has 0 saturated carbocycles. The van der Waals surface area contributed by atoms with Crippen molar-refractivity contribution in [1.82, 2.24) is 9.97 Å². The number of nitrogens with zero attached hydrogens (tertiary/aromatic N) is 4. The summed E-state index contributed by atoms with van der Waals surface area (Å²) >= 11 is 6.17. The van der Waals surface area contributed by atoms with E-state index < -0.39 is 70.8 Å². The summed E-state index contributed by atoms with van der Waals surface area (Å²) in [6.45, 7) is -0.346. The summed E-state index contributed by atoms with van der Waals surface area (Å²) in [4.78, 5) is 17.7. The van der Waals surface area contributed by atoms with Gasteiger partial charge in [-0.3, -0.25) is 19.1 Å². The number of amides is 1. The van der Waals surface area contributed by atoms with Crippen molar-refractivity contribution in [2.24, 2.45) is 10.2 Å². The van der Waals surface area contributed by atoms with E-state index in [1.54, 1.807) is 0 Å². The number of aromatic nitrogens is 2. The van der Waals surface area contributed by atoms with Crippen molar-refractivity contribution in [2.45, 2.75) is 14.7 Å². The van der Waals surface area contributed by atoms with E-state index in [1.807, 2.05) is 0 Å². The standard InChI is InChI=1S/C29H21ClF2N6O14S4.3Na/c30-23-26(31)35-29(32)36-27(23)34-20-13-19-15(11-22(20)56(45,46)47)10-21(53-51-49-41)24(25(19)39)38-37-16-6-4-14(5-7-16)28(40)33-17-2-1-3-18(12-17)55(43,44)9-8-48-54-52-50-42;;;/h1-7,10-13,39,41-42H,8-9H2,(H,33,40)(H,34,35,36)(H,45,46,47);;;/q;3*+1/p-3. The minimum atomic E-state index is -5.31. The fourth-order valence-corrected chi connectivity index (χ4v) is 7.30.